The zero-order valence-electron chi connectivity index (χ0n) is 20.6. The molecule has 0 aliphatic carbocycles. The molecule has 37 heavy (non-hydrogen) atoms. The van der Waals surface area contributed by atoms with Gasteiger partial charge in [-0.25, -0.2) is 0 Å². The van der Waals surface area contributed by atoms with Gasteiger partial charge in [-0.1, -0.05) is 47.7 Å². The maximum absolute atomic E-state index is 13.6. The van der Waals surface area contributed by atoms with E-state index in [1.165, 1.54) is 23.1 Å². The van der Waals surface area contributed by atoms with Crippen LogP contribution in [-0.2, 0) is 9.59 Å². The number of carbonyl (C=O) groups is 2. The number of nitrogens with zero attached hydrogens (tertiary/aromatic N) is 1. The monoisotopic (exact) mass is 530 g/mol. The van der Waals surface area contributed by atoms with E-state index < -0.39 is 5.92 Å². The molecular weight excluding hydrogens is 504 g/mol. The number of aryl methyl sites for hydroxylation is 1. The van der Waals surface area contributed by atoms with E-state index in [1.807, 2.05) is 60.8 Å². The molecule has 0 radical (unpaired) electrons. The SMILES string of the molecule is COc1ccccc1NC(=O)C1=C(C)NC(SCC(=O)Nc2ccc(C)cc2)=C(C#N)[C@@H]1c1cccs1. The molecule has 0 bridgehead atoms. The highest BCUT2D eigenvalue weighted by atomic mass is 32.2. The molecule has 3 N–H and O–H groups in total. The Labute approximate surface area is 224 Å². The molecule has 1 atom stereocenters. The van der Waals surface area contributed by atoms with Crippen LogP contribution in [0.4, 0.5) is 11.4 Å². The highest BCUT2D eigenvalue weighted by Gasteiger charge is 2.35. The predicted octanol–water partition coefficient (Wildman–Crippen LogP) is 5.77. The lowest BCUT2D eigenvalue weighted by atomic mass is 9.86. The number of benzene rings is 2. The molecule has 0 saturated carbocycles. The zero-order valence-corrected chi connectivity index (χ0v) is 22.3. The molecule has 2 amide bonds. The second-order valence-electron chi connectivity index (χ2n) is 8.32. The minimum Gasteiger partial charge on any atom is -0.495 e. The fourth-order valence-corrected chi connectivity index (χ4v) is 5.71. The van der Waals surface area contributed by atoms with Gasteiger partial charge >= 0.3 is 0 Å². The van der Waals surface area contributed by atoms with E-state index in [4.69, 9.17) is 4.74 Å². The minimum atomic E-state index is -0.566. The Morgan fingerprint density at radius 3 is 2.51 bits per heavy atom. The van der Waals surface area contributed by atoms with Crippen molar-refractivity contribution in [3.8, 4) is 11.8 Å². The average molecular weight is 531 g/mol. The number of nitriles is 1. The van der Waals surface area contributed by atoms with Crippen molar-refractivity contribution in [2.45, 2.75) is 19.8 Å². The fourth-order valence-electron chi connectivity index (χ4n) is 3.98. The Hall–Kier alpha value is -4.00. The highest BCUT2D eigenvalue weighted by molar-refractivity contribution is 8.03. The van der Waals surface area contributed by atoms with Gasteiger partial charge in [-0.15, -0.1) is 11.3 Å². The summed E-state index contributed by atoms with van der Waals surface area (Å²) in [6.07, 6.45) is 0. The quantitative estimate of drug-likeness (QED) is 0.342. The first-order valence-corrected chi connectivity index (χ1v) is 13.4. The Bertz CT molecular complexity index is 1400. The van der Waals surface area contributed by atoms with Crippen LogP contribution in [-0.4, -0.2) is 24.7 Å². The van der Waals surface area contributed by atoms with Crippen molar-refractivity contribution < 1.29 is 14.3 Å². The first-order chi connectivity index (χ1) is 17.9. The van der Waals surface area contributed by atoms with Crippen molar-refractivity contribution in [3.05, 3.63) is 98.4 Å². The van der Waals surface area contributed by atoms with Crippen LogP contribution in [0.25, 0.3) is 0 Å². The summed E-state index contributed by atoms with van der Waals surface area (Å²) in [5.74, 6) is -0.438. The summed E-state index contributed by atoms with van der Waals surface area (Å²) >= 11 is 2.72. The molecular formula is C28H26N4O3S2. The van der Waals surface area contributed by atoms with Crippen LogP contribution in [0.5, 0.6) is 5.75 Å². The van der Waals surface area contributed by atoms with E-state index in [2.05, 4.69) is 22.0 Å². The number of ether oxygens (including phenoxy) is 1. The smallest absolute Gasteiger partial charge is 0.254 e. The van der Waals surface area contributed by atoms with Gasteiger partial charge < -0.3 is 20.7 Å². The van der Waals surface area contributed by atoms with Crippen LogP contribution in [0.3, 0.4) is 0 Å². The van der Waals surface area contributed by atoms with Gasteiger partial charge in [-0.05, 0) is 49.6 Å². The molecule has 7 nitrogen and oxygen atoms in total. The van der Waals surface area contributed by atoms with Gasteiger partial charge in [-0.3, -0.25) is 9.59 Å². The van der Waals surface area contributed by atoms with Crippen LogP contribution in [0.15, 0.2) is 87.9 Å². The van der Waals surface area contributed by atoms with Crippen LogP contribution in [0.1, 0.15) is 23.3 Å². The number of rotatable bonds is 8. The number of para-hydroxylation sites is 2. The number of dihydropyridines is 1. The minimum absolute atomic E-state index is 0.106. The standard InChI is InChI=1S/C28H26N4O3S2/c1-17-10-12-19(13-11-17)31-24(33)16-37-28-20(15-29)26(23-9-6-14-36-23)25(18(2)30-28)27(34)32-21-7-4-5-8-22(21)35-3/h4-14,26,30H,16H2,1-3H3,(H,31,33)(H,32,34)/t26-/m1/s1. The van der Waals surface area contributed by atoms with Gasteiger partial charge in [0, 0.05) is 21.8 Å². The summed E-state index contributed by atoms with van der Waals surface area (Å²) in [5.41, 5.74) is 3.81. The number of allylic oxidation sites excluding steroid dienone is 2. The third-order valence-corrected chi connectivity index (χ3v) is 7.71. The first-order valence-electron chi connectivity index (χ1n) is 11.5. The summed E-state index contributed by atoms with van der Waals surface area (Å²) in [6, 6.07) is 20.8. The summed E-state index contributed by atoms with van der Waals surface area (Å²) in [7, 11) is 1.54. The number of thioether (sulfide) groups is 1. The van der Waals surface area contributed by atoms with Crippen molar-refractivity contribution in [2.75, 3.05) is 23.5 Å². The summed E-state index contributed by atoms with van der Waals surface area (Å²) in [5, 5.41) is 21.7. The Morgan fingerprint density at radius 1 is 1.08 bits per heavy atom. The largest absolute Gasteiger partial charge is 0.495 e. The van der Waals surface area contributed by atoms with Crippen LogP contribution >= 0.6 is 23.1 Å². The molecule has 0 spiro atoms. The number of amides is 2. The lowest BCUT2D eigenvalue weighted by Gasteiger charge is -2.29. The van der Waals surface area contributed by atoms with Gasteiger partial charge in [0.25, 0.3) is 5.91 Å². The molecule has 4 rings (SSSR count). The first kappa shape index (κ1) is 26.1. The second-order valence-corrected chi connectivity index (χ2v) is 10.3. The van der Waals surface area contributed by atoms with Crippen LogP contribution in [0.2, 0.25) is 0 Å². The fraction of sp³-hybridized carbons (Fsp3) is 0.179. The van der Waals surface area contributed by atoms with E-state index in [0.717, 1.165) is 10.4 Å². The Morgan fingerprint density at radius 2 is 1.84 bits per heavy atom. The number of hydrogen-bond acceptors (Lipinski definition) is 7. The predicted molar refractivity (Wildman–Crippen MR) is 149 cm³/mol. The number of nitrogens with one attached hydrogen (secondary N) is 3. The maximum atomic E-state index is 13.6. The summed E-state index contributed by atoms with van der Waals surface area (Å²) in [4.78, 5) is 27.0. The van der Waals surface area contributed by atoms with Gasteiger partial charge in [0.05, 0.1) is 41.1 Å². The number of thiophene rings is 1. The topological polar surface area (TPSA) is 103 Å². The molecule has 188 valence electrons. The molecule has 0 saturated heterocycles. The molecule has 2 heterocycles. The lowest BCUT2D eigenvalue weighted by molar-refractivity contribution is -0.114. The summed E-state index contributed by atoms with van der Waals surface area (Å²) in [6.45, 7) is 3.79. The maximum Gasteiger partial charge on any atom is 0.254 e. The molecule has 3 aromatic rings. The molecule has 1 aliphatic rings. The van der Waals surface area contributed by atoms with Crippen molar-refractivity contribution in [3.63, 3.8) is 0 Å². The summed E-state index contributed by atoms with van der Waals surface area (Å²) < 4.78 is 5.37. The van der Waals surface area contributed by atoms with E-state index in [9.17, 15) is 14.9 Å². The Balaban J connectivity index is 1.59. The molecule has 2 aromatic carbocycles. The van der Waals surface area contributed by atoms with Crippen molar-refractivity contribution in [2.24, 2.45) is 0 Å². The van der Waals surface area contributed by atoms with Crippen molar-refractivity contribution in [1.82, 2.24) is 5.32 Å². The number of hydrogen-bond donors (Lipinski definition) is 3. The number of anilines is 2. The van der Waals surface area contributed by atoms with E-state index in [-0.39, 0.29) is 17.6 Å². The zero-order chi connectivity index (χ0) is 26.4. The highest BCUT2D eigenvalue weighted by Crippen LogP contribution is 2.42. The number of carbonyl (C=O) groups excluding carboxylic acids is 2. The average Bonchev–Trinajstić information content (AvgIpc) is 3.43. The molecule has 1 aromatic heterocycles. The van der Waals surface area contributed by atoms with Crippen LogP contribution in [0, 0.1) is 18.3 Å². The van der Waals surface area contributed by atoms with Gasteiger partial charge in [0.1, 0.15) is 5.75 Å². The van der Waals surface area contributed by atoms with E-state index >= 15 is 0 Å². The van der Waals surface area contributed by atoms with Gasteiger partial charge in [-0.2, -0.15) is 5.26 Å². The Kier molecular flexibility index (Phi) is 8.33. The third-order valence-electron chi connectivity index (χ3n) is 5.76. The molecule has 1 aliphatic heterocycles. The molecule has 9 heteroatoms. The second kappa shape index (κ2) is 11.8. The van der Waals surface area contributed by atoms with Crippen LogP contribution < -0.4 is 20.7 Å². The van der Waals surface area contributed by atoms with Crippen molar-refractivity contribution in [1.29, 1.82) is 5.26 Å². The van der Waals surface area contributed by atoms with E-state index in [0.29, 0.717) is 39.0 Å². The molecule has 0 unspecified atom stereocenters. The lowest BCUT2D eigenvalue weighted by Crippen LogP contribution is -2.31. The van der Waals surface area contributed by atoms with E-state index in [1.54, 1.807) is 26.2 Å². The third kappa shape index (κ3) is 6.05. The van der Waals surface area contributed by atoms with Gasteiger partial charge in [0.15, 0.2) is 0 Å². The van der Waals surface area contributed by atoms with Crippen molar-refractivity contribution >= 4 is 46.3 Å². The normalized spacial score (nSPS) is 15.0. The van der Waals surface area contributed by atoms with Gasteiger partial charge in [0.2, 0.25) is 5.91 Å². The number of methoxy groups -OCH3 is 1. The molecule has 0 fully saturated rings.